The number of alkyl halides is 3. The minimum absolute atomic E-state index is 0.168. The van der Waals surface area contributed by atoms with Crippen molar-refractivity contribution in [2.75, 3.05) is 11.4 Å². The van der Waals surface area contributed by atoms with Crippen molar-refractivity contribution in [3.8, 4) is 6.07 Å². The standard InChI is InChI=1S/C15H18F3N3/c1-2-21(12-6-4-3-5-7-12)14-11(10-19)8-9-13(20-14)15(16,17)18/h8-9,12H,2-7H2,1H3. The van der Waals surface area contributed by atoms with Crippen molar-refractivity contribution in [2.45, 2.75) is 51.2 Å². The van der Waals surface area contributed by atoms with Gasteiger partial charge in [0.25, 0.3) is 0 Å². The number of halogens is 3. The average Bonchev–Trinajstić information content (AvgIpc) is 2.48. The molecule has 0 bridgehead atoms. The quantitative estimate of drug-likeness (QED) is 0.842. The van der Waals surface area contributed by atoms with Crippen molar-refractivity contribution in [1.29, 1.82) is 5.26 Å². The lowest BCUT2D eigenvalue weighted by molar-refractivity contribution is -0.141. The fraction of sp³-hybridized carbons (Fsp3) is 0.600. The van der Waals surface area contributed by atoms with Crippen LogP contribution in [0.1, 0.15) is 50.3 Å². The molecule has 0 N–H and O–H groups in total. The molecule has 6 heteroatoms. The summed E-state index contributed by atoms with van der Waals surface area (Å²) < 4.78 is 38.5. The molecule has 21 heavy (non-hydrogen) atoms. The highest BCUT2D eigenvalue weighted by Gasteiger charge is 2.34. The fourth-order valence-corrected chi connectivity index (χ4v) is 2.89. The maximum absolute atomic E-state index is 12.8. The molecule has 1 fully saturated rings. The molecule has 0 aliphatic heterocycles. The number of rotatable bonds is 3. The second-order valence-electron chi connectivity index (χ2n) is 5.26. The van der Waals surface area contributed by atoms with Gasteiger partial charge >= 0.3 is 6.18 Å². The van der Waals surface area contributed by atoms with Gasteiger partial charge in [0.1, 0.15) is 17.6 Å². The van der Waals surface area contributed by atoms with Crippen molar-refractivity contribution in [2.24, 2.45) is 0 Å². The highest BCUT2D eigenvalue weighted by molar-refractivity contribution is 5.55. The van der Waals surface area contributed by atoms with E-state index in [0.29, 0.717) is 6.54 Å². The number of nitriles is 1. The lowest BCUT2D eigenvalue weighted by atomic mass is 9.94. The van der Waals surface area contributed by atoms with E-state index < -0.39 is 11.9 Å². The van der Waals surface area contributed by atoms with Crippen LogP contribution in [-0.2, 0) is 6.18 Å². The van der Waals surface area contributed by atoms with Gasteiger partial charge in [0.05, 0.1) is 5.56 Å². The third-order valence-electron chi connectivity index (χ3n) is 3.91. The summed E-state index contributed by atoms with van der Waals surface area (Å²) in [6, 6.07) is 4.22. The molecule has 1 aliphatic carbocycles. The third kappa shape index (κ3) is 3.46. The predicted molar refractivity (Wildman–Crippen MR) is 73.8 cm³/mol. The van der Waals surface area contributed by atoms with Crippen molar-refractivity contribution in [3.63, 3.8) is 0 Å². The Bertz CT molecular complexity index is 528. The maximum Gasteiger partial charge on any atom is 0.433 e. The Balaban J connectivity index is 2.40. The molecule has 0 unspecified atom stereocenters. The SMILES string of the molecule is CCN(c1nc(C(F)(F)F)ccc1C#N)C1CCCCC1. The lowest BCUT2D eigenvalue weighted by Crippen LogP contribution is -2.38. The lowest BCUT2D eigenvalue weighted by Gasteiger charge is -2.35. The molecule has 1 aliphatic rings. The van der Waals surface area contributed by atoms with Gasteiger partial charge in [-0.3, -0.25) is 0 Å². The number of nitrogens with zero attached hydrogens (tertiary/aromatic N) is 3. The van der Waals surface area contributed by atoms with E-state index in [1.807, 2.05) is 17.9 Å². The second kappa shape index (κ2) is 6.33. The second-order valence-corrected chi connectivity index (χ2v) is 5.26. The molecule has 3 nitrogen and oxygen atoms in total. The highest BCUT2D eigenvalue weighted by Crippen LogP contribution is 2.33. The topological polar surface area (TPSA) is 39.9 Å². The Morgan fingerprint density at radius 3 is 2.48 bits per heavy atom. The minimum atomic E-state index is -4.49. The van der Waals surface area contributed by atoms with Gasteiger partial charge in [-0.15, -0.1) is 0 Å². The van der Waals surface area contributed by atoms with Crippen LogP contribution in [0.4, 0.5) is 19.0 Å². The molecule has 1 heterocycles. The summed E-state index contributed by atoms with van der Waals surface area (Å²) in [6.07, 6.45) is 0.696. The Kier molecular flexibility index (Phi) is 4.71. The van der Waals surface area contributed by atoms with E-state index >= 15 is 0 Å². The first-order valence-corrected chi connectivity index (χ1v) is 7.22. The molecule has 2 rings (SSSR count). The summed E-state index contributed by atoms with van der Waals surface area (Å²) in [5, 5.41) is 9.16. The van der Waals surface area contributed by atoms with Gasteiger partial charge in [-0.25, -0.2) is 4.98 Å². The summed E-state index contributed by atoms with van der Waals surface area (Å²) in [5.74, 6) is 0.168. The Morgan fingerprint density at radius 1 is 1.29 bits per heavy atom. The number of pyridine rings is 1. The highest BCUT2D eigenvalue weighted by atomic mass is 19.4. The van der Waals surface area contributed by atoms with Gasteiger partial charge in [0.15, 0.2) is 0 Å². The largest absolute Gasteiger partial charge is 0.433 e. The van der Waals surface area contributed by atoms with Crippen LogP contribution in [0.3, 0.4) is 0 Å². The molecule has 0 atom stereocenters. The van der Waals surface area contributed by atoms with E-state index in [9.17, 15) is 13.2 Å². The van der Waals surface area contributed by atoms with E-state index in [1.165, 1.54) is 6.07 Å². The van der Waals surface area contributed by atoms with E-state index in [0.717, 1.165) is 38.2 Å². The third-order valence-corrected chi connectivity index (χ3v) is 3.91. The molecule has 114 valence electrons. The summed E-state index contributed by atoms with van der Waals surface area (Å²) in [4.78, 5) is 5.59. The van der Waals surface area contributed by atoms with Crippen LogP contribution in [0.2, 0.25) is 0 Å². The zero-order valence-electron chi connectivity index (χ0n) is 12.0. The monoisotopic (exact) mass is 297 g/mol. The number of hydrogen-bond acceptors (Lipinski definition) is 3. The number of aromatic nitrogens is 1. The van der Waals surface area contributed by atoms with E-state index in [1.54, 1.807) is 0 Å². The van der Waals surface area contributed by atoms with E-state index in [4.69, 9.17) is 5.26 Å². The number of hydrogen-bond donors (Lipinski definition) is 0. The molecule has 1 saturated carbocycles. The minimum Gasteiger partial charge on any atom is -0.353 e. The Labute approximate surface area is 122 Å². The van der Waals surface area contributed by atoms with E-state index in [-0.39, 0.29) is 17.4 Å². The van der Waals surface area contributed by atoms with Crippen LogP contribution in [0.5, 0.6) is 0 Å². The van der Waals surface area contributed by atoms with Crippen LogP contribution in [0.25, 0.3) is 0 Å². The number of anilines is 1. The summed E-state index contributed by atoms with van der Waals surface area (Å²) in [7, 11) is 0. The zero-order valence-corrected chi connectivity index (χ0v) is 12.0. The normalized spacial score (nSPS) is 16.5. The molecular formula is C15H18F3N3. The Morgan fingerprint density at radius 2 is 1.95 bits per heavy atom. The molecule has 0 radical (unpaired) electrons. The van der Waals surface area contributed by atoms with Crippen LogP contribution in [-0.4, -0.2) is 17.6 Å². The molecule has 0 saturated heterocycles. The van der Waals surface area contributed by atoms with Crippen LogP contribution in [0, 0.1) is 11.3 Å². The van der Waals surface area contributed by atoms with Gasteiger partial charge < -0.3 is 4.90 Å². The van der Waals surface area contributed by atoms with E-state index in [2.05, 4.69) is 4.98 Å². The van der Waals surface area contributed by atoms with Crippen LogP contribution < -0.4 is 4.90 Å². The first-order chi connectivity index (χ1) is 9.97. The fourth-order valence-electron chi connectivity index (χ4n) is 2.89. The summed E-state index contributed by atoms with van der Waals surface area (Å²) in [6.45, 7) is 2.44. The van der Waals surface area contributed by atoms with Gasteiger partial charge in [0.2, 0.25) is 0 Å². The maximum atomic E-state index is 12.8. The molecule has 1 aromatic rings. The van der Waals surface area contributed by atoms with Crippen molar-refractivity contribution in [1.82, 2.24) is 4.98 Å². The average molecular weight is 297 g/mol. The predicted octanol–water partition coefficient (Wildman–Crippen LogP) is 4.13. The molecule has 0 amide bonds. The van der Waals surface area contributed by atoms with Crippen molar-refractivity contribution < 1.29 is 13.2 Å². The van der Waals surface area contributed by atoms with Crippen LogP contribution >= 0.6 is 0 Å². The molecule has 0 spiro atoms. The molecule has 1 aromatic heterocycles. The molecule has 0 aromatic carbocycles. The first-order valence-electron chi connectivity index (χ1n) is 7.22. The smallest absolute Gasteiger partial charge is 0.353 e. The van der Waals surface area contributed by atoms with Crippen LogP contribution in [0.15, 0.2) is 12.1 Å². The van der Waals surface area contributed by atoms with Crippen molar-refractivity contribution in [3.05, 3.63) is 23.4 Å². The Hall–Kier alpha value is -1.77. The van der Waals surface area contributed by atoms with Gasteiger partial charge in [-0.1, -0.05) is 19.3 Å². The van der Waals surface area contributed by atoms with Gasteiger partial charge in [-0.05, 0) is 31.9 Å². The summed E-state index contributed by atoms with van der Waals surface area (Å²) in [5.41, 5.74) is -0.735. The molecular weight excluding hydrogens is 279 g/mol. The van der Waals surface area contributed by atoms with Gasteiger partial charge in [0, 0.05) is 12.6 Å². The summed E-state index contributed by atoms with van der Waals surface area (Å²) >= 11 is 0. The van der Waals surface area contributed by atoms with Gasteiger partial charge in [-0.2, -0.15) is 18.4 Å². The zero-order chi connectivity index (χ0) is 15.5. The first kappa shape index (κ1) is 15.6. The van der Waals surface area contributed by atoms with Crippen molar-refractivity contribution >= 4 is 5.82 Å².